The molecule has 0 spiro atoms. The van der Waals surface area contributed by atoms with Gasteiger partial charge in [-0.05, 0) is 0 Å². The molecule has 0 atom stereocenters. The molecule has 0 unspecified atom stereocenters. The highest BCUT2D eigenvalue weighted by Crippen LogP contribution is 1.80. The Labute approximate surface area is 54.9 Å². The first-order valence-electron chi connectivity index (χ1n) is 2.61. The Hall–Kier alpha value is -0.990. The molecule has 0 aromatic carbocycles. The third-order valence-electron chi connectivity index (χ3n) is 0.823. The van der Waals surface area contributed by atoms with Gasteiger partial charge in [-0.1, -0.05) is 6.58 Å². The fourth-order valence-electron chi connectivity index (χ4n) is 0.259. The summed E-state index contributed by atoms with van der Waals surface area (Å²) < 4.78 is 4.63. The summed E-state index contributed by atoms with van der Waals surface area (Å²) in [6.45, 7) is 3.38. The lowest BCUT2D eigenvalue weighted by molar-refractivity contribution is -0.131. The van der Waals surface area contributed by atoms with Crippen molar-refractivity contribution in [1.29, 1.82) is 0 Å². The van der Waals surface area contributed by atoms with E-state index in [0.29, 0.717) is 0 Å². The molecule has 0 radical (unpaired) electrons. The lowest BCUT2D eigenvalue weighted by Crippen LogP contribution is -2.25. The predicted octanol–water partition coefficient (Wildman–Crippen LogP) is 0.235. The predicted molar refractivity (Wildman–Crippen MR) is 34.8 cm³/mol. The maximum Gasteiger partial charge on any atom is 0.259 e. The number of carbonyl (C=O) groups is 1. The standard InChI is InChI=1S/C6H11NO2/c1-4-9-5-6(8)7(2)3/h4H,1,5H2,2-3H3. The Morgan fingerprint density at radius 1 is 1.78 bits per heavy atom. The van der Waals surface area contributed by atoms with Crippen LogP contribution in [0, 0.1) is 0 Å². The molecule has 0 aliphatic heterocycles. The number of likely N-dealkylation sites (N-methyl/N-ethyl adjacent to an activating group) is 1. The van der Waals surface area contributed by atoms with E-state index in [9.17, 15) is 4.79 Å². The topological polar surface area (TPSA) is 29.5 Å². The highest BCUT2D eigenvalue weighted by atomic mass is 16.5. The first-order valence-corrected chi connectivity index (χ1v) is 2.61. The number of rotatable bonds is 3. The fraction of sp³-hybridized carbons (Fsp3) is 0.500. The van der Waals surface area contributed by atoms with E-state index in [1.165, 1.54) is 11.2 Å². The third kappa shape index (κ3) is 3.58. The van der Waals surface area contributed by atoms with Crippen molar-refractivity contribution >= 4 is 5.91 Å². The van der Waals surface area contributed by atoms with Crippen LogP contribution in [0.15, 0.2) is 12.8 Å². The second-order valence-electron chi connectivity index (χ2n) is 1.77. The van der Waals surface area contributed by atoms with Crippen LogP contribution in [0.25, 0.3) is 0 Å². The van der Waals surface area contributed by atoms with E-state index in [-0.39, 0.29) is 12.5 Å². The maximum absolute atomic E-state index is 10.7. The maximum atomic E-state index is 10.7. The average molecular weight is 129 g/mol. The van der Waals surface area contributed by atoms with Gasteiger partial charge in [-0.25, -0.2) is 0 Å². The quantitative estimate of drug-likeness (QED) is 0.511. The van der Waals surface area contributed by atoms with Crippen molar-refractivity contribution in [2.24, 2.45) is 0 Å². The molecule has 9 heavy (non-hydrogen) atoms. The molecule has 0 fully saturated rings. The molecule has 3 nitrogen and oxygen atoms in total. The molecule has 0 aromatic heterocycles. The molecule has 0 saturated carbocycles. The SMILES string of the molecule is C=COCC(=O)N(C)C. The van der Waals surface area contributed by atoms with Crippen molar-refractivity contribution in [3.8, 4) is 0 Å². The summed E-state index contributed by atoms with van der Waals surface area (Å²) in [7, 11) is 3.35. The monoisotopic (exact) mass is 129 g/mol. The van der Waals surface area contributed by atoms with Crippen LogP contribution >= 0.6 is 0 Å². The molecule has 0 aromatic rings. The third-order valence-corrected chi connectivity index (χ3v) is 0.823. The molecule has 0 heterocycles. The van der Waals surface area contributed by atoms with E-state index in [1.807, 2.05) is 0 Å². The lowest BCUT2D eigenvalue weighted by Gasteiger charge is -2.08. The Bertz CT molecular complexity index is 110. The number of ether oxygens (including phenoxy) is 1. The first-order chi connectivity index (χ1) is 4.18. The lowest BCUT2D eigenvalue weighted by atomic mass is 10.6. The molecular weight excluding hydrogens is 118 g/mol. The van der Waals surface area contributed by atoms with E-state index in [4.69, 9.17) is 0 Å². The van der Waals surface area contributed by atoms with Gasteiger partial charge in [-0.2, -0.15) is 0 Å². The van der Waals surface area contributed by atoms with Crippen molar-refractivity contribution in [2.45, 2.75) is 0 Å². The summed E-state index contributed by atoms with van der Waals surface area (Å²) in [5, 5.41) is 0. The van der Waals surface area contributed by atoms with Gasteiger partial charge in [0.05, 0.1) is 6.26 Å². The molecule has 1 amide bonds. The Morgan fingerprint density at radius 3 is 2.67 bits per heavy atom. The highest BCUT2D eigenvalue weighted by Gasteiger charge is 2.00. The largest absolute Gasteiger partial charge is 0.492 e. The van der Waals surface area contributed by atoms with E-state index < -0.39 is 0 Å². The van der Waals surface area contributed by atoms with Crippen LogP contribution in [0.5, 0.6) is 0 Å². The summed E-state index contributed by atoms with van der Waals surface area (Å²) in [4.78, 5) is 12.1. The van der Waals surface area contributed by atoms with Crippen molar-refractivity contribution in [1.82, 2.24) is 4.90 Å². The molecule has 52 valence electrons. The molecule has 3 heteroatoms. The highest BCUT2D eigenvalue weighted by molar-refractivity contribution is 5.76. The van der Waals surface area contributed by atoms with Crippen LogP contribution in [-0.4, -0.2) is 31.5 Å². The summed E-state index contributed by atoms with van der Waals surface area (Å²) in [5.74, 6) is -0.0603. The number of nitrogens with zero attached hydrogens (tertiary/aromatic N) is 1. The summed E-state index contributed by atoms with van der Waals surface area (Å²) in [6, 6.07) is 0. The minimum absolute atomic E-state index is 0.0603. The van der Waals surface area contributed by atoms with Crippen molar-refractivity contribution < 1.29 is 9.53 Å². The number of amides is 1. The normalized spacial score (nSPS) is 8.22. The smallest absolute Gasteiger partial charge is 0.259 e. The zero-order valence-corrected chi connectivity index (χ0v) is 5.76. The minimum atomic E-state index is -0.0603. The van der Waals surface area contributed by atoms with E-state index in [1.54, 1.807) is 14.1 Å². The van der Waals surface area contributed by atoms with Gasteiger partial charge in [0.1, 0.15) is 0 Å². The minimum Gasteiger partial charge on any atom is -0.492 e. The van der Waals surface area contributed by atoms with E-state index >= 15 is 0 Å². The average Bonchev–Trinajstić information content (AvgIpc) is 1.82. The van der Waals surface area contributed by atoms with Gasteiger partial charge in [-0.15, -0.1) is 0 Å². The molecule has 0 aliphatic carbocycles. The number of carbonyl (C=O) groups excluding carboxylic acids is 1. The Morgan fingerprint density at radius 2 is 2.33 bits per heavy atom. The number of hydrogen-bond acceptors (Lipinski definition) is 2. The molecule has 0 N–H and O–H groups in total. The van der Waals surface area contributed by atoms with Crippen molar-refractivity contribution in [2.75, 3.05) is 20.7 Å². The van der Waals surface area contributed by atoms with Crippen LogP contribution in [0.1, 0.15) is 0 Å². The second-order valence-corrected chi connectivity index (χ2v) is 1.77. The molecular formula is C6H11NO2. The first kappa shape index (κ1) is 8.01. The van der Waals surface area contributed by atoms with Crippen LogP contribution in [0.2, 0.25) is 0 Å². The summed E-state index contributed by atoms with van der Waals surface area (Å²) in [5.41, 5.74) is 0. The van der Waals surface area contributed by atoms with Gasteiger partial charge in [0, 0.05) is 14.1 Å². The molecule has 0 rings (SSSR count). The van der Waals surface area contributed by atoms with Gasteiger partial charge in [-0.3, -0.25) is 4.79 Å². The molecule has 0 aliphatic rings. The van der Waals surface area contributed by atoms with Gasteiger partial charge >= 0.3 is 0 Å². The summed E-state index contributed by atoms with van der Waals surface area (Å²) >= 11 is 0. The van der Waals surface area contributed by atoms with Crippen LogP contribution < -0.4 is 0 Å². The zero-order chi connectivity index (χ0) is 7.28. The second kappa shape index (κ2) is 3.95. The molecule has 0 saturated heterocycles. The van der Waals surface area contributed by atoms with E-state index in [0.717, 1.165) is 0 Å². The number of hydrogen-bond donors (Lipinski definition) is 0. The van der Waals surface area contributed by atoms with E-state index in [2.05, 4.69) is 11.3 Å². The van der Waals surface area contributed by atoms with Gasteiger partial charge in [0.25, 0.3) is 5.91 Å². The Kier molecular flexibility index (Phi) is 3.51. The summed E-state index contributed by atoms with van der Waals surface area (Å²) in [6.07, 6.45) is 1.25. The van der Waals surface area contributed by atoms with Crippen LogP contribution in [0.4, 0.5) is 0 Å². The van der Waals surface area contributed by atoms with Gasteiger partial charge in [0.2, 0.25) is 0 Å². The zero-order valence-electron chi connectivity index (χ0n) is 5.76. The van der Waals surface area contributed by atoms with Crippen molar-refractivity contribution in [3.05, 3.63) is 12.8 Å². The van der Waals surface area contributed by atoms with Crippen LogP contribution in [-0.2, 0) is 9.53 Å². The van der Waals surface area contributed by atoms with Crippen LogP contribution in [0.3, 0.4) is 0 Å². The van der Waals surface area contributed by atoms with Crippen molar-refractivity contribution in [3.63, 3.8) is 0 Å². The Balaban J connectivity index is 3.38. The fourth-order valence-corrected chi connectivity index (χ4v) is 0.259. The van der Waals surface area contributed by atoms with Gasteiger partial charge < -0.3 is 9.64 Å². The molecule has 0 bridgehead atoms. The van der Waals surface area contributed by atoms with Gasteiger partial charge in [0.15, 0.2) is 6.61 Å².